The van der Waals surface area contributed by atoms with Crippen LogP contribution in [0, 0.1) is 10.1 Å². The van der Waals surface area contributed by atoms with Gasteiger partial charge in [0.1, 0.15) is 5.60 Å². The maximum atomic E-state index is 12.1. The molecule has 1 fully saturated rings. The van der Waals surface area contributed by atoms with Gasteiger partial charge >= 0.3 is 6.09 Å². The van der Waals surface area contributed by atoms with Crippen molar-refractivity contribution in [2.24, 2.45) is 0 Å². The van der Waals surface area contributed by atoms with Gasteiger partial charge in [-0.1, -0.05) is 11.3 Å². The van der Waals surface area contributed by atoms with E-state index in [1.54, 1.807) is 11.0 Å². The van der Waals surface area contributed by atoms with E-state index in [1.807, 2.05) is 20.8 Å². The van der Waals surface area contributed by atoms with Crippen LogP contribution in [0.3, 0.4) is 0 Å². The van der Waals surface area contributed by atoms with E-state index in [0.717, 1.165) is 22.7 Å². The molecule has 1 aromatic heterocycles. The minimum absolute atomic E-state index is 0.0417. The molecule has 26 heavy (non-hydrogen) atoms. The van der Waals surface area contributed by atoms with Crippen LogP contribution in [-0.4, -0.2) is 45.6 Å². The van der Waals surface area contributed by atoms with Gasteiger partial charge in [0.15, 0.2) is 5.13 Å². The number of benzene rings is 1. The Morgan fingerprint density at radius 1 is 1.38 bits per heavy atom. The molecule has 8 nitrogen and oxygen atoms in total. The maximum Gasteiger partial charge on any atom is 0.410 e. The first kappa shape index (κ1) is 18.4. The summed E-state index contributed by atoms with van der Waals surface area (Å²) < 4.78 is 6.31. The maximum absolute atomic E-state index is 12.1. The first-order valence-electron chi connectivity index (χ1n) is 8.51. The average Bonchev–Trinajstić information content (AvgIpc) is 2.95. The molecular weight excluding hydrogens is 356 g/mol. The highest BCUT2D eigenvalue weighted by Crippen LogP contribution is 2.30. The van der Waals surface area contributed by atoms with Gasteiger partial charge in [-0.15, -0.1) is 0 Å². The van der Waals surface area contributed by atoms with Gasteiger partial charge in [-0.25, -0.2) is 9.78 Å². The van der Waals surface area contributed by atoms with Crippen molar-refractivity contribution in [2.75, 3.05) is 18.4 Å². The number of nitro groups is 1. The number of nitrogens with one attached hydrogen (secondary N) is 1. The Morgan fingerprint density at radius 2 is 2.08 bits per heavy atom. The lowest BCUT2D eigenvalue weighted by Crippen LogP contribution is -2.44. The molecule has 1 aliphatic heterocycles. The minimum Gasteiger partial charge on any atom is -0.444 e. The molecule has 0 spiro atoms. The summed E-state index contributed by atoms with van der Waals surface area (Å²) in [4.78, 5) is 28.7. The molecule has 1 aliphatic rings. The van der Waals surface area contributed by atoms with E-state index in [4.69, 9.17) is 4.74 Å². The van der Waals surface area contributed by atoms with Gasteiger partial charge in [0.2, 0.25) is 0 Å². The van der Waals surface area contributed by atoms with Gasteiger partial charge in [0, 0.05) is 31.3 Å². The number of rotatable bonds is 3. The third-order valence-corrected chi connectivity index (χ3v) is 5.02. The zero-order valence-electron chi connectivity index (χ0n) is 15.0. The summed E-state index contributed by atoms with van der Waals surface area (Å²) >= 11 is 1.48. The van der Waals surface area contributed by atoms with Crippen molar-refractivity contribution in [3.63, 3.8) is 0 Å². The summed E-state index contributed by atoms with van der Waals surface area (Å²) in [6, 6.07) is 4.91. The highest BCUT2D eigenvalue weighted by atomic mass is 32.1. The molecule has 0 saturated carbocycles. The number of likely N-dealkylation sites (tertiary alicyclic amines) is 1. The molecule has 3 rings (SSSR count). The van der Waals surface area contributed by atoms with Crippen LogP contribution in [0.25, 0.3) is 10.2 Å². The average molecular weight is 378 g/mol. The zero-order valence-corrected chi connectivity index (χ0v) is 15.8. The molecule has 2 aromatic rings. The zero-order chi connectivity index (χ0) is 18.9. The van der Waals surface area contributed by atoms with Gasteiger partial charge in [0.25, 0.3) is 5.69 Å². The molecule has 0 unspecified atom stereocenters. The molecule has 1 saturated heterocycles. The number of amides is 1. The molecule has 0 radical (unpaired) electrons. The van der Waals surface area contributed by atoms with Crippen LogP contribution < -0.4 is 5.32 Å². The molecule has 0 aliphatic carbocycles. The molecule has 140 valence electrons. The summed E-state index contributed by atoms with van der Waals surface area (Å²) in [6.07, 6.45) is 1.33. The quantitative estimate of drug-likeness (QED) is 0.640. The van der Waals surface area contributed by atoms with E-state index in [-0.39, 0.29) is 17.8 Å². The van der Waals surface area contributed by atoms with Gasteiger partial charge in [-0.05, 0) is 39.7 Å². The molecule has 1 N–H and O–H groups in total. The molecule has 1 amide bonds. The third kappa shape index (κ3) is 4.40. The van der Waals surface area contributed by atoms with Crippen LogP contribution in [0.2, 0.25) is 0 Å². The fraction of sp³-hybridized carbons (Fsp3) is 0.529. The lowest BCUT2D eigenvalue weighted by molar-refractivity contribution is -0.384. The van der Waals surface area contributed by atoms with Crippen LogP contribution in [-0.2, 0) is 4.74 Å². The van der Waals surface area contributed by atoms with Crippen LogP contribution in [0.5, 0.6) is 0 Å². The Hall–Kier alpha value is -2.42. The number of aromatic nitrogens is 1. The second-order valence-electron chi connectivity index (χ2n) is 7.31. The van der Waals surface area contributed by atoms with Crippen molar-refractivity contribution >= 4 is 38.5 Å². The van der Waals surface area contributed by atoms with Crippen LogP contribution >= 0.6 is 11.3 Å². The normalized spacial score (nSPS) is 15.9. The number of nitro benzene ring substituents is 1. The number of piperidine rings is 1. The van der Waals surface area contributed by atoms with Crippen LogP contribution in [0.1, 0.15) is 33.6 Å². The summed E-state index contributed by atoms with van der Waals surface area (Å²) in [6.45, 7) is 6.83. The standard InChI is InChI=1S/C17H22N4O4S/c1-17(2,3)25-16(22)20-8-6-11(7-9-20)18-15-19-13-10-12(21(23)24)4-5-14(13)26-15/h4-5,10-11H,6-9H2,1-3H3,(H,18,19). The second kappa shape index (κ2) is 7.06. The van der Waals surface area contributed by atoms with Gasteiger partial charge in [-0.3, -0.25) is 10.1 Å². The molecule has 0 bridgehead atoms. The summed E-state index contributed by atoms with van der Waals surface area (Å²) in [5.74, 6) is 0. The number of fused-ring (bicyclic) bond motifs is 1. The number of carbonyl (C=O) groups is 1. The van der Waals surface area contributed by atoms with Crippen molar-refractivity contribution in [2.45, 2.75) is 45.3 Å². The van der Waals surface area contributed by atoms with E-state index in [9.17, 15) is 14.9 Å². The van der Waals surface area contributed by atoms with Crippen molar-refractivity contribution in [1.82, 2.24) is 9.88 Å². The van der Waals surface area contributed by atoms with E-state index >= 15 is 0 Å². The number of carbonyl (C=O) groups excluding carboxylic acids is 1. The Labute approximate surface area is 155 Å². The molecule has 0 atom stereocenters. The van der Waals surface area contributed by atoms with Crippen molar-refractivity contribution in [3.05, 3.63) is 28.3 Å². The van der Waals surface area contributed by atoms with Crippen LogP contribution in [0.4, 0.5) is 15.6 Å². The Kier molecular flexibility index (Phi) is 4.99. The van der Waals surface area contributed by atoms with Gasteiger partial charge < -0.3 is 15.0 Å². The Balaban J connectivity index is 1.58. The third-order valence-electron chi connectivity index (χ3n) is 4.06. The predicted octanol–water partition coefficient (Wildman–Crippen LogP) is 4.02. The number of ether oxygens (including phenoxy) is 1. The van der Waals surface area contributed by atoms with Gasteiger partial charge in [0.05, 0.1) is 15.1 Å². The lowest BCUT2D eigenvalue weighted by atomic mass is 10.1. The summed E-state index contributed by atoms with van der Waals surface area (Å²) in [5, 5.41) is 15.0. The molecule has 1 aromatic carbocycles. The van der Waals surface area contributed by atoms with Crippen molar-refractivity contribution < 1.29 is 14.5 Å². The fourth-order valence-electron chi connectivity index (χ4n) is 2.80. The first-order chi connectivity index (χ1) is 12.2. The molecule has 9 heteroatoms. The molecule has 2 heterocycles. The number of thiazole rings is 1. The van der Waals surface area contributed by atoms with Crippen LogP contribution in [0.15, 0.2) is 18.2 Å². The van der Waals surface area contributed by atoms with E-state index in [0.29, 0.717) is 18.6 Å². The highest BCUT2D eigenvalue weighted by Gasteiger charge is 2.27. The van der Waals surface area contributed by atoms with E-state index in [1.165, 1.54) is 23.5 Å². The number of anilines is 1. The fourth-order valence-corrected chi connectivity index (χ4v) is 3.72. The summed E-state index contributed by atoms with van der Waals surface area (Å²) in [5.41, 5.74) is 0.174. The first-order valence-corrected chi connectivity index (χ1v) is 9.32. The number of non-ortho nitro benzene ring substituents is 1. The number of nitrogens with zero attached hydrogens (tertiary/aromatic N) is 3. The van der Waals surface area contributed by atoms with E-state index in [2.05, 4.69) is 10.3 Å². The lowest BCUT2D eigenvalue weighted by Gasteiger charge is -2.33. The Morgan fingerprint density at radius 3 is 2.69 bits per heavy atom. The topological polar surface area (TPSA) is 97.6 Å². The minimum atomic E-state index is -0.490. The SMILES string of the molecule is CC(C)(C)OC(=O)N1CCC(Nc2nc3cc([N+](=O)[O-])ccc3s2)CC1. The van der Waals surface area contributed by atoms with Gasteiger partial charge in [-0.2, -0.15) is 0 Å². The largest absolute Gasteiger partial charge is 0.444 e. The number of hydrogen-bond donors (Lipinski definition) is 1. The molecular formula is C17H22N4O4S. The second-order valence-corrected chi connectivity index (χ2v) is 8.34. The predicted molar refractivity (Wildman–Crippen MR) is 101 cm³/mol. The number of hydrogen-bond acceptors (Lipinski definition) is 7. The van der Waals surface area contributed by atoms with E-state index < -0.39 is 10.5 Å². The summed E-state index contributed by atoms with van der Waals surface area (Å²) in [7, 11) is 0. The van der Waals surface area contributed by atoms with Crippen molar-refractivity contribution in [1.29, 1.82) is 0 Å². The highest BCUT2D eigenvalue weighted by molar-refractivity contribution is 7.22. The Bertz CT molecular complexity index is 822. The van der Waals surface area contributed by atoms with Crippen molar-refractivity contribution in [3.8, 4) is 0 Å². The smallest absolute Gasteiger partial charge is 0.410 e. The monoisotopic (exact) mass is 378 g/mol.